The lowest BCUT2D eigenvalue weighted by molar-refractivity contribution is -0.0150. The van der Waals surface area contributed by atoms with E-state index < -0.39 is 6.10 Å². The number of hydrogen-bond donors (Lipinski definition) is 1. The number of fused-ring (bicyclic) bond motifs is 1. The summed E-state index contributed by atoms with van der Waals surface area (Å²) in [5.74, 6) is 0.869. The third-order valence-electron chi connectivity index (χ3n) is 5.90. The second-order valence-electron chi connectivity index (χ2n) is 7.78. The molecule has 3 aromatic rings. The summed E-state index contributed by atoms with van der Waals surface area (Å²) in [5, 5.41) is 12.0. The highest BCUT2D eigenvalue weighted by Gasteiger charge is 2.37. The minimum absolute atomic E-state index is 0.205. The lowest BCUT2D eigenvalue weighted by Crippen LogP contribution is -2.50. The molecular formula is C24H27NO4. The zero-order valence-electron chi connectivity index (χ0n) is 16.9. The number of carbonyl (C=O) groups excluding carboxylic acids is 1. The Morgan fingerprint density at radius 3 is 2.52 bits per heavy atom. The summed E-state index contributed by atoms with van der Waals surface area (Å²) >= 11 is 0. The Morgan fingerprint density at radius 1 is 1.07 bits per heavy atom. The molecule has 0 saturated heterocycles. The summed E-state index contributed by atoms with van der Waals surface area (Å²) in [7, 11) is 1.74. The van der Waals surface area contributed by atoms with Crippen LogP contribution >= 0.6 is 0 Å². The van der Waals surface area contributed by atoms with E-state index in [0.29, 0.717) is 11.3 Å². The highest BCUT2D eigenvalue weighted by atomic mass is 16.5. The van der Waals surface area contributed by atoms with Crippen molar-refractivity contribution in [2.75, 3.05) is 7.05 Å². The molecule has 5 nitrogen and oxygen atoms in total. The normalized spacial score (nSPS) is 22.2. The van der Waals surface area contributed by atoms with Crippen LogP contribution in [0.3, 0.4) is 0 Å². The number of benzene rings is 2. The Labute approximate surface area is 170 Å². The summed E-state index contributed by atoms with van der Waals surface area (Å²) in [6.45, 7) is 1.90. The Kier molecular flexibility index (Phi) is 5.58. The van der Waals surface area contributed by atoms with E-state index in [0.717, 1.165) is 42.4 Å². The zero-order valence-corrected chi connectivity index (χ0v) is 16.9. The number of carbonyl (C=O) groups is 1. The van der Waals surface area contributed by atoms with E-state index in [9.17, 15) is 9.90 Å². The van der Waals surface area contributed by atoms with E-state index in [1.807, 2.05) is 61.5 Å². The van der Waals surface area contributed by atoms with Crippen LogP contribution in [0, 0.1) is 6.92 Å². The quantitative estimate of drug-likeness (QED) is 0.660. The highest BCUT2D eigenvalue weighted by molar-refractivity contribution is 5.99. The Hall–Kier alpha value is -2.79. The van der Waals surface area contributed by atoms with Crippen molar-refractivity contribution < 1.29 is 19.1 Å². The first-order valence-corrected chi connectivity index (χ1v) is 10.2. The van der Waals surface area contributed by atoms with Gasteiger partial charge in [-0.1, -0.05) is 42.8 Å². The number of para-hydroxylation sites is 2. The largest absolute Gasteiger partial charge is 0.488 e. The standard InChI is InChI=1S/C24H27NO4/c1-16-18-12-6-8-14-20(18)29-23(16)24(27)25(2)19-13-7-9-15-21(22(19)26)28-17-10-4-3-5-11-17/h3-6,8,10-12,14,19,21-22,26H,7,9,13,15H2,1-2H3/t19-,21-,22-/m1/s1. The van der Waals surface area contributed by atoms with E-state index in [4.69, 9.17) is 9.15 Å². The van der Waals surface area contributed by atoms with E-state index in [1.54, 1.807) is 11.9 Å². The molecule has 1 N–H and O–H groups in total. The van der Waals surface area contributed by atoms with Crippen LogP contribution in [0.4, 0.5) is 0 Å². The molecule has 0 aliphatic heterocycles. The fourth-order valence-corrected chi connectivity index (χ4v) is 4.20. The number of aliphatic hydroxyl groups excluding tert-OH is 1. The number of amides is 1. The SMILES string of the molecule is Cc1c(C(=O)N(C)[C@@H]2CCCC[C@@H](Oc3ccccc3)[C@@H]2O)oc2ccccc12. The minimum Gasteiger partial charge on any atom is -0.488 e. The van der Waals surface area contributed by atoms with E-state index >= 15 is 0 Å². The molecule has 152 valence electrons. The van der Waals surface area contributed by atoms with Gasteiger partial charge in [0.2, 0.25) is 0 Å². The van der Waals surface area contributed by atoms with Gasteiger partial charge < -0.3 is 19.2 Å². The predicted molar refractivity (Wildman–Crippen MR) is 112 cm³/mol. The molecule has 0 unspecified atom stereocenters. The number of aryl methyl sites for hydroxylation is 1. The topological polar surface area (TPSA) is 62.9 Å². The molecule has 29 heavy (non-hydrogen) atoms. The number of ether oxygens (including phenoxy) is 1. The number of aliphatic hydroxyl groups is 1. The Morgan fingerprint density at radius 2 is 1.76 bits per heavy atom. The van der Waals surface area contributed by atoms with Crippen LogP contribution < -0.4 is 4.74 Å². The molecule has 1 fully saturated rings. The van der Waals surface area contributed by atoms with Gasteiger partial charge in [-0.3, -0.25) is 4.79 Å². The second kappa shape index (κ2) is 8.29. The van der Waals surface area contributed by atoms with Gasteiger partial charge in [0.15, 0.2) is 5.76 Å². The first kappa shape index (κ1) is 19.5. The van der Waals surface area contributed by atoms with Crippen LogP contribution in [-0.2, 0) is 0 Å². The van der Waals surface area contributed by atoms with Crippen molar-refractivity contribution in [3.8, 4) is 5.75 Å². The van der Waals surface area contributed by atoms with Crippen LogP contribution in [0.2, 0.25) is 0 Å². The lowest BCUT2D eigenvalue weighted by Gasteiger charge is -2.33. The summed E-state index contributed by atoms with van der Waals surface area (Å²) in [6.07, 6.45) is 2.27. The van der Waals surface area contributed by atoms with Crippen molar-refractivity contribution in [3.63, 3.8) is 0 Å². The molecule has 1 aromatic heterocycles. The van der Waals surface area contributed by atoms with Crippen molar-refractivity contribution in [2.45, 2.75) is 50.9 Å². The number of nitrogens with zero attached hydrogens (tertiary/aromatic N) is 1. The van der Waals surface area contributed by atoms with E-state index in [2.05, 4.69) is 0 Å². The molecule has 1 heterocycles. The molecule has 0 bridgehead atoms. The average Bonchev–Trinajstić information content (AvgIpc) is 2.98. The molecule has 3 atom stereocenters. The maximum absolute atomic E-state index is 13.2. The van der Waals surface area contributed by atoms with Gasteiger partial charge in [-0.15, -0.1) is 0 Å². The minimum atomic E-state index is -0.767. The third-order valence-corrected chi connectivity index (χ3v) is 5.90. The van der Waals surface area contributed by atoms with Crippen molar-refractivity contribution in [1.29, 1.82) is 0 Å². The first-order valence-electron chi connectivity index (χ1n) is 10.2. The van der Waals surface area contributed by atoms with Gasteiger partial charge in [-0.25, -0.2) is 0 Å². The van der Waals surface area contributed by atoms with Gasteiger partial charge in [-0.2, -0.15) is 0 Å². The monoisotopic (exact) mass is 393 g/mol. The van der Waals surface area contributed by atoms with Gasteiger partial charge in [0.05, 0.1) is 6.04 Å². The van der Waals surface area contributed by atoms with Crippen molar-refractivity contribution in [2.24, 2.45) is 0 Å². The average molecular weight is 393 g/mol. The fraction of sp³-hybridized carbons (Fsp3) is 0.375. The van der Waals surface area contributed by atoms with Gasteiger partial charge in [0, 0.05) is 18.0 Å². The molecule has 0 radical (unpaired) electrons. The third kappa shape index (κ3) is 3.87. The first-order chi connectivity index (χ1) is 14.1. The molecule has 1 amide bonds. The number of furan rings is 1. The van der Waals surface area contributed by atoms with Gasteiger partial charge >= 0.3 is 0 Å². The Bertz CT molecular complexity index is 981. The summed E-state index contributed by atoms with van der Waals surface area (Å²) < 4.78 is 11.9. The summed E-state index contributed by atoms with van der Waals surface area (Å²) in [4.78, 5) is 14.9. The summed E-state index contributed by atoms with van der Waals surface area (Å²) in [6, 6.07) is 16.9. The molecule has 1 aliphatic carbocycles. The van der Waals surface area contributed by atoms with Crippen molar-refractivity contribution in [1.82, 2.24) is 4.90 Å². The lowest BCUT2D eigenvalue weighted by atomic mass is 10.0. The van der Waals surface area contributed by atoms with Gasteiger partial charge in [-0.05, 0) is 44.4 Å². The molecule has 1 saturated carbocycles. The Balaban J connectivity index is 1.56. The molecular weight excluding hydrogens is 366 g/mol. The number of rotatable bonds is 4. The predicted octanol–water partition coefficient (Wildman–Crippen LogP) is 4.56. The molecule has 5 heteroatoms. The van der Waals surface area contributed by atoms with E-state index in [1.165, 1.54) is 0 Å². The highest BCUT2D eigenvalue weighted by Crippen LogP contribution is 2.30. The maximum atomic E-state index is 13.2. The number of likely N-dealkylation sites (N-methyl/N-ethyl adjacent to an activating group) is 1. The van der Waals surface area contributed by atoms with Crippen molar-refractivity contribution in [3.05, 3.63) is 65.9 Å². The zero-order chi connectivity index (χ0) is 20.4. The smallest absolute Gasteiger partial charge is 0.289 e. The fourth-order valence-electron chi connectivity index (χ4n) is 4.20. The molecule has 0 spiro atoms. The number of hydrogen-bond acceptors (Lipinski definition) is 4. The van der Waals surface area contributed by atoms with Crippen molar-refractivity contribution >= 4 is 16.9 Å². The van der Waals surface area contributed by atoms with Crippen LogP contribution in [0.25, 0.3) is 11.0 Å². The van der Waals surface area contributed by atoms with E-state index in [-0.39, 0.29) is 18.1 Å². The van der Waals surface area contributed by atoms with Crippen LogP contribution in [0.15, 0.2) is 59.0 Å². The molecule has 1 aliphatic rings. The van der Waals surface area contributed by atoms with Crippen LogP contribution in [0.1, 0.15) is 41.8 Å². The molecule has 2 aromatic carbocycles. The van der Waals surface area contributed by atoms with Crippen LogP contribution in [-0.4, -0.2) is 41.2 Å². The maximum Gasteiger partial charge on any atom is 0.289 e. The second-order valence-corrected chi connectivity index (χ2v) is 7.78. The van der Waals surface area contributed by atoms with Gasteiger partial charge in [0.1, 0.15) is 23.5 Å². The van der Waals surface area contributed by atoms with Gasteiger partial charge in [0.25, 0.3) is 5.91 Å². The van der Waals surface area contributed by atoms with Crippen LogP contribution in [0.5, 0.6) is 5.75 Å². The molecule has 4 rings (SSSR count). The summed E-state index contributed by atoms with van der Waals surface area (Å²) in [5.41, 5.74) is 1.53.